The summed E-state index contributed by atoms with van der Waals surface area (Å²) < 4.78 is 0. The normalized spacial score (nSPS) is 12.5. The number of benzene rings is 9. The van der Waals surface area contributed by atoms with Gasteiger partial charge in [-0.05, 0) is 93.0 Å². The third-order valence-electron chi connectivity index (χ3n) is 12.1. The molecule has 282 valence electrons. The third kappa shape index (κ3) is 5.84. The first kappa shape index (κ1) is 35.4. The third-order valence-corrected chi connectivity index (χ3v) is 12.1. The van der Waals surface area contributed by atoms with Crippen LogP contribution in [0.2, 0.25) is 0 Å². The van der Waals surface area contributed by atoms with Gasteiger partial charge in [0.2, 0.25) is 0 Å². The first-order valence-electron chi connectivity index (χ1n) is 20.6. The van der Waals surface area contributed by atoms with E-state index in [4.69, 9.17) is 4.98 Å². The molecule has 0 amide bonds. The van der Waals surface area contributed by atoms with Gasteiger partial charge in [0, 0.05) is 33.5 Å². The summed E-state index contributed by atoms with van der Waals surface area (Å²) in [6, 6.07) is 88.0. The molecule has 1 heterocycles. The summed E-state index contributed by atoms with van der Waals surface area (Å²) in [5.41, 5.74) is 17.5. The van der Waals surface area contributed by atoms with E-state index in [0.717, 1.165) is 55.9 Å². The first-order chi connectivity index (χ1) is 29.8. The van der Waals surface area contributed by atoms with Crippen LogP contribution in [0.1, 0.15) is 22.3 Å². The highest BCUT2D eigenvalue weighted by atomic mass is 15.1. The van der Waals surface area contributed by atoms with E-state index < -0.39 is 5.41 Å². The van der Waals surface area contributed by atoms with Crippen LogP contribution in [0, 0.1) is 0 Å². The van der Waals surface area contributed by atoms with Gasteiger partial charge in [-0.25, -0.2) is 4.98 Å². The molecule has 0 bridgehead atoms. The second kappa shape index (κ2) is 14.8. The smallest absolute Gasteiger partial charge is 0.0788 e. The maximum absolute atomic E-state index is 5.57. The lowest BCUT2D eigenvalue weighted by Gasteiger charge is -2.35. The zero-order chi connectivity index (χ0) is 39.9. The molecule has 0 spiro atoms. The van der Waals surface area contributed by atoms with Gasteiger partial charge in [-0.1, -0.05) is 194 Å². The van der Waals surface area contributed by atoms with Gasteiger partial charge in [0.1, 0.15) is 0 Å². The van der Waals surface area contributed by atoms with Crippen molar-refractivity contribution in [2.45, 2.75) is 5.41 Å². The summed E-state index contributed by atoms with van der Waals surface area (Å²) in [6.45, 7) is 0. The number of para-hydroxylation sites is 2. The Hall–Kier alpha value is -7.81. The molecule has 2 heteroatoms. The summed E-state index contributed by atoms with van der Waals surface area (Å²) in [7, 11) is 0. The largest absolute Gasteiger partial charge is 0.310 e. The van der Waals surface area contributed by atoms with Gasteiger partial charge in [-0.15, -0.1) is 0 Å². The standard InChI is InChI=1S/C58H40N2/c1-6-21-41(22-7-1)43-26-20-33-49(37-43)60(48-31-14-5-15-32-48)55-40-45(57-51(42-23-8-2-9-24-42)38-44-25-16-19-36-54(44)59-57)39-53-56(55)50-34-17-18-35-52(50)58(53,46-27-10-3-11-28-46)47-29-12-4-13-30-47/h1-40H. The summed E-state index contributed by atoms with van der Waals surface area (Å²) >= 11 is 0. The van der Waals surface area contributed by atoms with Crippen LogP contribution in [-0.4, -0.2) is 4.98 Å². The van der Waals surface area contributed by atoms with Gasteiger partial charge in [0.15, 0.2) is 0 Å². The molecule has 1 aliphatic rings. The van der Waals surface area contributed by atoms with Crippen molar-refractivity contribution in [1.82, 2.24) is 4.98 Å². The van der Waals surface area contributed by atoms with Crippen LogP contribution < -0.4 is 4.90 Å². The molecule has 2 nitrogen and oxygen atoms in total. The van der Waals surface area contributed by atoms with E-state index in [-0.39, 0.29) is 0 Å². The van der Waals surface area contributed by atoms with E-state index in [1.54, 1.807) is 0 Å². The van der Waals surface area contributed by atoms with Gasteiger partial charge < -0.3 is 4.90 Å². The highest BCUT2D eigenvalue weighted by Crippen LogP contribution is 2.60. The van der Waals surface area contributed by atoms with E-state index in [1.165, 1.54) is 38.9 Å². The molecule has 0 N–H and O–H groups in total. The van der Waals surface area contributed by atoms with Crippen LogP contribution in [0.3, 0.4) is 0 Å². The van der Waals surface area contributed by atoms with Crippen molar-refractivity contribution in [2.75, 3.05) is 4.90 Å². The molecule has 0 fully saturated rings. The number of aromatic nitrogens is 1. The second-order valence-corrected chi connectivity index (χ2v) is 15.5. The lowest BCUT2D eigenvalue weighted by atomic mass is 9.67. The number of rotatable bonds is 8. The fourth-order valence-electron chi connectivity index (χ4n) is 9.49. The van der Waals surface area contributed by atoms with Crippen molar-refractivity contribution in [2.24, 2.45) is 0 Å². The van der Waals surface area contributed by atoms with Gasteiger partial charge in [0.25, 0.3) is 0 Å². The predicted octanol–water partition coefficient (Wildman–Crippen LogP) is 15.1. The summed E-state index contributed by atoms with van der Waals surface area (Å²) in [5, 5.41) is 1.11. The molecule has 0 aliphatic heterocycles. The number of pyridine rings is 1. The topological polar surface area (TPSA) is 16.1 Å². The SMILES string of the molecule is c1ccc(-c2cccc(N(c3ccccc3)c3cc(-c4nc5ccccc5cc4-c4ccccc4)cc4c3-c3ccccc3C4(c3ccccc3)c3ccccc3)c2)cc1. The molecule has 1 aliphatic carbocycles. The average molecular weight is 765 g/mol. The Morgan fingerprint density at radius 2 is 0.900 bits per heavy atom. The van der Waals surface area contributed by atoms with E-state index in [0.29, 0.717) is 0 Å². The molecule has 0 radical (unpaired) electrons. The number of fused-ring (bicyclic) bond motifs is 4. The predicted molar refractivity (Wildman–Crippen MR) is 250 cm³/mol. The van der Waals surface area contributed by atoms with E-state index in [1.807, 2.05) is 0 Å². The molecule has 0 saturated heterocycles. The Labute approximate surface area is 351 Å². The molecular weight excluding hydrogens is 725 g/mol. The lowest BCUT2D eigenvalue weighted by Crippen LogP contribution is -2.28. The molecule has 10 aromatic rings. The van der Waals surface area contributed by atoms with Crippen molar-refractivity contribution in [3.8, 4) is 44.6 Å². The Morgan fingerprint density at radius 3 is 1.60 bits per heavy atom. The van der Waals surface area contributed by atoms with Crippen molar-refractivity contribution < 1.29 is 0 Å². The number of anilines is 3. The Bertz CT molecular complexity index is 3080. The minimum Gasteiger partial charge on any atom is -0.310 e. The van der Waals surface area contributed by atoms with Gasteiger partial charge in [-0.2, -0.15) is 0 Å². The summed E-state index contributed by atoms with van der Waals surface area (Å²) in [4.78, 5) is 8.03. The molecule has 60 heavy (non-hydrogen) atoms. The van der Waals surface area contributed by atoms with Crippen molar-refractivity contribution in [3.05, 3.63) is 265 Å². The van der Waals surface area contributed by atoms with Crippen molar-refractivity contribution in [1.29, 1.82) is 0 Å². The number of nitrogens with zero attached hydrogens (tertiary/aromatic N) is 2. The molecule has 9 aromatic carbocycles. The highest BCUT2D eigenvalue weighted by molar-refractivity contribution is 6.01. The van der Waals surface area contributed by atoms with Crippen LogP contribution in [-0.2, 0) is 5.41 Å². The van der Waals surface area contributed by atoms with Crippen molar-refractivity contribution in [3.63, 3.8) is 0 Å². The van der Waals surface area contributed by atoms with Gasteiger partial charge in [-0.3, -0.25) is 0 Å². The molecule has 11 rings (SSSR count). The molecule has 0 saturated carbocycles. The lowest BCUT2D eigenvalue weighted by molar-refractivity contribution is 0.768. The Balaban J connectivity index is 1.31. The zero-order valence-corrected chi connectivity index (χ0v) is 33.0. The Kier molecular flexibility index (Phi) is 8.75. The number of hydrogen-bond acceptors (Lipinski definition) is 2. The van der Waals surface area contributed by atoms with Crippen LogP contribution in [0.15, 0.2) is 243 Å². The van der Waals surface area contributed by atoms with E-state index in [2.05, 4.69) is 248 Å². The van der Waals surface area contributed by atoms with Crippen molar-refractivity contribution >= 4 is 28.0 Å². The average Bonchev–Trinajstić information content (AvgIpc) is 3.64. The Morgan fingerprint density at radius 1 is 0.350 bits per heavy atom. The minimum atomic E-state index is -0.628. The van der Waals surface area contributed by atoms with Crippen LogP contribution in [0.4, 0.5) is 17.1 Å². The maximum Gasteiger partial charge on any atom is 0.0788 e. The zero-order valence-electron chi connectivity index (χ0n) is 33.0. The molecule has 0 unspecified atom stereocenters. The van der Waals surface area contributed by atoms with Crippen LogP contribution in [0.5, 0.6) is 0 Å². The fraction of sp³-hybridized carbons (Fsp3) is 0.0172. The highest BCUT2D eigenvalue weighted by Gasteiger charge is 2.48. The summed E-state index contributed by atoms with van der Waals surface area (Å²) in [5.74, 6) is 0. The quantitative estimate of drug-likeness (QED) is 0.153. The van der Waals surface area contributed by atoms with Crippen LogP contribution in [0.25, 0.3) is 55.5 Å². The van der Waals surface area contributed by atoms with Crippen LogP contribution >= 0.6 is 0 Å². The molecule has 1 aromatic heterocycles. The van der Waals surface area contributed by atoms with E-state index >= 15 is 0 Å². The number of hydrogen-bond donors (Lipinski definition) is 0. The molecular formula is C58H40N2. The fourth-order valence-corrected chi connectivity index (χ4v) is 9.49. The minimum absolute atomic E-state index is 0.628. The second-order valence-electron chi connectivity index (χ2n) is 15.5. The first-order valence-corrected chi connectivity index (χ1v) is 20.6. The van der Waals surface area contributed by atoms with E-state index in [9.17, 15) is 0 Å². The molecule has 0 atom stereocenters. The van der Waals surface area contributed by atoms with Gasteiger partial charge >= 0.3 is 0 Å². The monoisotopic (exact) mass is 764 g/mol. The summed E-state index contributed by atoms with van der Waals surface area (Å²) in [6.07, 6.45) is 0. The maximum atomic E-state index is 5.57. The van der Waals surface area contributed by atoms with Gasteiger partial charge in [0.05, 0.1) is 22.3 Å².